The van der Waals surface area contributed by atoms with Crippen molar-refractivity contribution >= 4 is 22.3 Å². The molecule has 5 nitrogen and oxygen atoms in total. The monoisotopic (exact) mass is 396 g/mol. The van der Waals surface area contributed by atoms with Gasteiger partial charge in [0.15, 0.2) is 5.13 Å². The molecule has 1 aliphatic rings. The van der Waals surface area contributed by atoms with Gasteiger partial charge < -0.3 is 10.2 Å². The number of benzene rings is 1. The maximum Gasteiger partial charge on any atom is 0.214 e. The van der Waals surface area contributed by atoms with Gasteiger partial charge >= 0.3 is 0 Å². The molecule has 0 aliphatic carbocycles. The third-order valence-corrected chi connectivity index (χ3v) is 5.70. The highest BCUT2D eigenvalue weighted by atomic mass is 32.1. The number of nitrogens with zero attached hydrogens (tertiary/aromatic N) is 4. The van der Waals surface area contributed by atoms with Crippen molar-refractivity contribution in [2.45, 2.75) is 6.42 Å². The fourth-order valence-corrected chi connectivity index (χ4v) is 4.12. The van der Waals surface area contributed by atoms with Crippen LogP contribution in [-0.4, -0.2) is 54.1 Å². The third-order valence-electron chi connectivity index (χ3n) is 4.90. The van der Waals surface area contributed by atoms with Crippen molar-refractivity contribution < 1.29 is 4.39 Å². The van der Waals surface area contributed by atoms with Gasteiger partial charge in [-0.2, -0.15) is 4.39 Å². The van der Waals surface area contributed by atoms with Crippen LogP contribution < -0.4 is 10.2 Å². The van der Waals surface area contributed by atoms with Gasteiger partial charge in [0.25, 0.3) is 0 Å². The molecular weight excluding hydrogens is 372 g/mol. The molecule has 3 aromatic rings. The summed E-state index contributed by atoms with van der Waals surface area (Å²) >= 11 is 1.65. The maximum atomic E-state index is 13.3. The van der Waals surface area contributed by atoms with Gasteiger partial charge in [0, 0.05) is 43.7 Å². The quantitative estimate of drug-likeness (QED) is 0.484. The van der Waals surface area contributed by atoms with E-state index < -0.39 is 5.95 Å². The summed E-state index contributed by atoms with van der Waals surface area (Å²) in [7, 11) is 0. The molecule has 7 heteroatoms. The lowest BCUT2D eigenvalue weighted by molar-refractivity contribution is 0.256. The van der Waals surface area contributed by atoms with Crippen LogP contribution in [0.2, 0.25) is 0 Å². The standard InChI is InChI=1S/C21H24FN5S/c22-19-8-4-9-20(25-19)27-14-12-26(13-15-27)11-5-10-23-21-24-18(16-28-21)17-6-2-1-3-7-17/h1-4,6-9,16H,5,10-15H2,(H,23,24)/i22-1. The Hall–Kier alpha value is -2.51. The minimum atomic E-state index is -0.413. The smallest absolute Gasteiger partial charge is 0.214 e. The predicted molar refractivity (Wildman–Crippen MR) is 114 cm³/mol. The van der Waals surface area contributed by atoms with E-state index in [0.717, 1.165) is 67.9 Å². The summed E-state index contributed by atoms with van der Waals surface area (Å²) in [5.74, 6) is 0.322. The Labute approximate surface area is 168 Å². The highest BCUT2D eigenvalue weighted by Gasteiger charge is 2.17. The molecular formula is C21H24FN5S. The van der Waals surface area contributed by atoms with Gasteiger partial charge in [-0.15, -0.1) is 11.3 Å². The second kappa shape index (κ2) is 9.12. The molecule has 0 atom stereocenters. The van der Waals surface area contributed by atoms with Gasteiger partial charge in [0.05, 0.1) is 5.69 Å². The van der Waals surface area contributed by atoms with Crippen LogP contribution in [0.3, 0.4) is 0 Å². The van der Waals surface area contributed by atoms with E-state index in [-0.39, 0.29) is 0 Å². The Morgan fingerprint density at radius 3 is 2.57 bits per heavy atom. The number of piperazine rings is 1. The molecule has 0 saturated carbocycles. The molecule has 0 spiro atoms. The zero-order chi connectivity index (χ0) is 19.2. The van der Waals surface area contributed by atoms with Crippen molar-refractivity contribution in [3.8, 4) is 11.3 Å². The fourth-order valence-electron chi connectivity index (χ4n) is 3.37. The Morgan fingerprint density at radius 2 is 1.79 bits per heavy atom. The van der Waals surface area contributed by atoms with Crippen LogP contribution in [0.4, 0.5) is 15.3 Å². The average molecular weight is 397 g/mol. The van der Waals surface area contributed by atoms with Gasteiger partial charge in [0.1, 0.15) is 5.82 Å². The molecule has 146 valence electrons. The lowest BCUT2D eigenvalue weighted by atomic mass is 10.2. The van der Waals surface area contributed by atoms with E-state index in [2.05, 4.69) is 42.6 Å². The van der Waals surface area contributed by atoms with E-state index in [9.17, 15) is 4.39 Å². The highest BCUT2D eigenvalue weighted by Crippen LogP contribution is 2.24. The minimum absolute atomic E-state index is 0.413. The molecule has 0 bridgehead atoms. The number of hydrogen-bond donors (Lipinski definition) is 1. The third kappa shape index (κ3) is 4.85. The largest absolute Gasteiger partial charge is 0.361 e. The maximum absolute atomic E-state index is 13.3. The first-order chi connectivity index (χ1) is 13.8. The van der Waals surface area contributed by atoms with E-state index >= 15 is 0 Å². The summed E-state index contributed by atoms with van der Waals surface area (Å²) in [6.45, 7) is 5.69. The Kier molecular flexibility index (Phi) is 6.14. The first-order valence-corrected chi connectivity index (χ1v) is 10.5. The van der Waals surface area contributed by atoms with Gasteiger partial charge in [0.2, 0.25) is 5.95 Å². The number of anilines is 2. The molecule has 1 aromatic carbocycles. The summed E-state index contributed by atoms with van der Waals surface area (Å²) in [5.41, 5.74) is 2.17. The zero-order valence-electron chi connectivity index (χ0n) is 15.7. The summed E-state index contributed by atoms with van der Waals surface area (Å²) in [6.07, 6.45) is 1.07. The van der Waals surface area contributed by atoms with Crippen LogP contribution in [0, 0.1) is 5.95 Å². The molecule has 1 saturated heterocycles. The number of thiazole rings is 1. The van der Waals surface area contributed by atoms with Crippen LogP contribution in [-0.2, 0) is 0 Å². The molecule has 1 aliphatic heterocycles. The predicted octanol–water partition coefficient (Wildman–Crippen LogP) is 3.97. The number of nitrogens with one attached hydrogen (secondary N) is 1. The van der Waals surface area contributed by atoms with Gasteiger partial charge in [-0.25, -0.2) is 9.97 Å². The van der Waals surface area contributed by atoms with E-state index in [1.165, 1.54) is 6.07 Å². The second-order valence-electron chi connectivity index (χ2n) is 6.83. The molecule has 2 aromatic heterocycles. The summed E-state index contributed by atoms with van der Waals surface area (Å²) in [4.78, 5) is 13.2. The topological polar surface area (TPSA) is 44.3 Å². The number of rotatable bonds is 7. The Balaban J connectivity index is 1.17. The molecule has 28 heavy (non-hydrogen) atoms. The van der Waals surface area contributed by atoms with Gasteiger partial charge in [-0.05, 0) is 25.1 Å². The van der Waals surface area contributed by atoms with Crippen molar-refractivity contribution in [3.05, 3.63) is 59.9 Å². The minimum Gasteiger partial charge on any atom is -0.361 e. The van der Waals surface area contributed by atoms with E-state index in [4.69, 9.17) is 0 Å². The summed E-state index contributed by atoms with van der Waals surface area (Å²) < 4.78 is 13.3. The first kappa shape index (κ1) is 18.8. The zero-order valence-corrected chi connectivity index (χ0v) is 16.5. The lowest BCUT2D eigenvalue weighted by Crippen LogP contribution is -2.47. The van der Waals surface area contributed by atoms with Crippen LogP contribution >= 0.6 is 11.3 Å². The van der Waals surface area contributed by atoms with E-state index in [1.54, 1.807) is 17.4 Å². The highest BCUT2D eigenvalue weighted by molar-refractivity contribution is 7.14. The van der Waals surface area contributed by atoms with E-state index in [1.807, 2.05) is 24.3 Å². The normalized spacial score (nSPS) is 15.0. The summed E-state index contributed by atoms with van der Waals surface area (Å²) in [6, 6.07) is 15.2. The summed E-state index contributed by atoms with van der Waals surface area (Å²) in [5, 5.41) is 6.50. The molecule has 0 radical (unpaired) electrons. The van der Waals surface area contributed by atoms with Crippen LogP contribution in [0.25, 0.3) is 11.3 Å². The molecule has 0 unspecified atom stereocenters. The second-order valence-corrected chi connectivity index (χ2v) is 7.69. The Morgan fingerprint density at radius 1 is 0.964 bits per heavy atom. The van der Waals surface area contributed by atoms with Crippen LogP contribution in [0.15, 0.2) is 53.9 Å². The van der Waals surface area contributed by atoms with Crippen molar-refractivity contribution in [3.63, 3.8) is 0 Å². The fraction of sp³-hybridized carbons (Fsp3) is 0.333. The average Bonchev–Trinajstić information content (AvgIpc) is 3.21. The molecule has 1 fully saturated rings. The molecule has 1 N–H and O–H groups in total. The number of hydrogen-bond acceptors (Lipinski definition) is 6. The van der Waals surface area contributed by atoms with E-state index in [0.29, 0.717) is 0 Å². The van der Waals surface area contributed by atoms with Crippen molar-refractivity contribution in [2.75, 3.05) is 49.5 Å². The van der Waals surface area contributed by atoms with Gasteiger partial charge in [-0.3, -0.25) is 4.90 Å². The van der Waals surface area contributed by atoms with Crippen molar-refractivity contribution in [1.29, 1.82) is 0 Å². The van der Waals surface area contributed by atoms with Crippen molar-refractivity contribution in [1.82, 2.24) is 14.9 Å². The van der Waals surface area contributed by atoms with Gasteiger partial charge in [-0.1, -0.05) is 36.4 Å². The lowest BCUT2D eigenvalue weighted by Gasteiger charge is -2.35. The molecule has 4 rings (SSSR count). The SMILES string of the molecule is [18F]c1cccc(N2CCN(CCCNc3nc(-c4ccccc4)cs3)CC2)n1. The van der Waals surface area contributed by atoms with Crippen LogP contribution in [0.5, 0.6) is 0 Å². The first-order valence-electron chi connectivity index (χ1n) is 9.62. The Bertz CT molecular complexity index is 877. The van der Waals surface area contributed by atoms with Crippen LogP contribution in [0.1, 0.15) is 6.42 Å². The number of aromatic nitrogens is 2. The number of pyridine rings is 1. The molecule has 0 amide bonds. The van der Waals surface area contributed by atoms with Crippen molar-refractivity contribution in [2.24, 2.45) is 0 Å². The molecule has 3 heterocycles. The number of halogens is 1.